The van der Waals surface area contributed by atoms with Crippen LogP contribution in [0.15, 0.2) is 6.07 Å². The Bertz CT molecular complexity index is 403. The Labute approximate surface area is 83.9 Å². The van der Waals surface area contributed by atoms with Gasteiger partial charge in [0.15, 0.2) is 5.78 Å². The Hall–Kier alpha value is -1.05. The number of hydrogen-bond acceptors (Lipinski definition) is 1. The zero-order valence-corrected chi connectivity index (χ0v) is 8.55. The normalized spacial score (nSPS) is 23.6. The van der Waals surface area contributed by atoms with Crippen molar-refractivity contribution >= 4 is 5.78 Å². The molecule has 0 N–H and O–H groups in total. The molecule has 1 atom stereocenters. The predicted octanol–water partition coefficient (Wildman–Crippen LogP) is 2.51. The minimum absolute atomic E-state index is 0.238. The Balaban J connectivity index is 2.20. The van der Waals surface area contributed by atoms with Crippen LogP contribution < -0.4 is 0 Å². The number of aromatic nitrogens is 1. The largest absolute Gasteiger partial charge is 0.345 e. The van der Waals surface area contributed by atoms with E-state index < -0.39 is 0 Å². The Morgan fingerprint density at radius 1 is 1.43 bits per heavy atom. The standard InChI is InChI=1S/C12H15NO/c1-8(14)11-7-10-6-5-9-3-2-4-12(11)13(9)10/h7,9H,2-6H2,1H3/t9-/m1/s1. The van der Waals surface area contributed by atoms with Crippen molar-refractivity contribution in [3.63, 3.8) is 0 Å². The average molecular weight is 189 g/mol. The van der Waals surface area contributed by atoms with Crippen molar-refractivity contribution in [2.75, 3.05) is 0 Å². The van der Waals surface area contributed by atoms with Crippen LogP contribution in [0.5, 0.6) is 0 Å². The van der Waals surface area contributed by atoms with Gasteiger partial charge in [-0.2, -0.15) is 0 Å². The SMILES string of the molecule is CC(=O)c1cc2n3c1CCC[C@@H]3CC2. The molecule has 2 aliphatic heterocycles. The Morgan fingerprint density at radius 2 is 2.29 bits per heavy atom. The molecule has 0 unspecified atom stereocenters. The molecule has 0 aromatic carbocycles. The highest BCUT2D eigenvalue weighted by molar-refractivity contribution is 5.95. The summed E-state index contributed by atoms with van der Waals surface area (Å²) in [5.41, 5.74) is 3.71. The van der Waals surface area contributed by atoms with E-state index in [2.05, 4.69) is 10.6 Å². The number of aryl methyl sites for hydroxylation is 1. The second kappa shape index (κ2) is 2.72. The number of carbonyl (C=O) groups is 1. The van der Waals surface area contributed by atoms with Gasteiger partial charge in [-0.3, -0.25) is 4.79 Å². The zero-order chi connectivity index (χ0) is 9.71. The van der Waals surface area contributed by atoms with Crippen LogP contribution in [-0.4, -0.2) is 10.4 Å². The van der Waals surface area contributed by atoms with Gasteiger partial charge in [-0.1, -0.05) is 0 Å². The average Bonchev–Trinajstić information content (AvgIpc) is 2.72. The first-order valence-electron chi connectivity index (χ1n) is 5.51. The zero-order valence-electron chi connectivity index (χ0n) is 8.55. The number of rotatable bonds is 1. The molecule has 2 nitrogen and oxygen atoms in total. The second-order valence-electron chi connectivity index (χ2n) is 4.51. The van der Waals surface area contributed by atoms with Gasteiger partial charge in [-0.15, -0.1) is 0 Å². The summed E-state index contributed by atoms with van der Waals surface area (Å²) < 4.78 is 2.44. The first-order chi connectivity index (χ1) is 6.77. The predicted molar refractivity (Wildman–Crippen MR) is 54.7 cm³/mol. The quantitative estimate of drug-likeness (QED) is 0.622. The summed E-state index contributed by atoms with van der Waals surface area (Å²) >= 11 is 0. The lowest BCUT2D eigenvalue weighted by molar-refractivity contribution is 0.101. The molecule has 2 heteroatoms. The van der Waals surface area contributed by atoms with E-state index in [-0.39, 0.29) is 5.78 Å². The van der Waals surface area contributed by atoms with Crippen molar-refractivity contribution in [3.8, 4) is 0 Å². The third-order valence-corrected chi connectivity index (χ3v) is 3.65. The lowest BCUT2D eigenvalue weighted by Gasteiger charge is -2.23. The molecular formula is C12H15NO. The molecule has 1 aromatic heterocycles. The van der Waals surface area contributed by atoms with Crippen LogP contribution in [0.1, 0.15) is 54.0 Å². The highest BCUT2D eigenvalue weighted by atomic mass is 16.1. The van der Waals surface area contributed by atoms with Gasteiger partial charge in [0, 0.05) is 23.0 Å². The number of carbonyl (C=O) groups excluding carboxylic acids is 1. The maximum absolute atomic E-state index is 11.4. The van der Waals surface area contributed by atoms with Crippen molar-refractivity contribution in [1.29, 1.82) is 0 Å². The van der Waals surface area contributed by atoms with Crippen LogP contribution in [0.25, 0.3) is 0 Å². The Kier molecular flexibility index (Phi) is 1.61. The highest BCUT2D eigenvalue weighted by Crippen LogP contribution is 2.38. The summed E-state index contributed by atoms with van der Waals surface area (Å²) in [7, 11) is 0. The highest BCUT2D eigenvalue weighted by Gasteiger charge is 2.30. The summed E-state index contributed by atoms with van der Waals surface area (Å²) in [6.07, 6.45) is 6.14. The summed E-state index contributed by atoms with van der Waals surface area (Å²) in [6.45, 7) is 1.69. The van der Waals surface area contributed by atoms with Crippen molar-refractivity contribution in [2.45, 2.75) is 45.1 Å². The van der Waals surface area contributed by atoms with Crippen molar-refractivity contribution in [2.24, 2.45) is 0 Å². The number of ketones is 1. The fourth-order valence-corrected chi connectivity index (χ4v) is 3.05. The van der Waals surface area contributed by atoms with Crippen LogP contribution in [0.3, 0.4) is 0 Å². The van der Waals surface area contributed by atoms with Crippen LogP contribution in [0.2, 0.25) is 0 Å². The van der Waals surface area contributed by atoms with E-state index in [0.29, 0.717) is 6.04 Å². The molecule has 0 bridgehead atoms. The fourth-order valence-electron chi connectivity index (χ4n) is 3.05. The third kappa shape index (κ3) is 0.941. The molecule has 14 heavy (non-hydrogen) atoms. The lowest BCUT2D eigenvalue weighted by Crippen LogP contribution is -2.15. The van der Waals surface area contributed by atoms with Gasteiger partial charge in [-0.25, -0.2) is 0 Å². The van der Waals surface area contributed by atoms with E-state index in [1.54, 1.807) is 6.92 Å². The molecule has 1 aromatic rings. The van der Waals surface area contributed by atoms with Gasteiger partial charge < -0.3 is 4.57 Å². The summed E-state index contributed by atoms with van der Waals surface area (Å²) in [5, 5.41) is 0. The minimum Gasteiger partial charge on any atom is -0.345 e. The van der Waals surface area contributed by atoms with Crippen LogP contribution >= 0.6 is 0 Å². The maximum Gasteiger partial charge on any atom is 0.161 e. The second-order valence-corrected chi connectivity index (χ2v) is 4.51. The minimum atomic E-state index is 0.238. The van der Waals surface area contributed by atoms with E-state index in [1.807, 2.05) is 0 Å². The smallest absolute Gasteiger partial charge is 0.161 e. The van der Waals surface area contributed by atoms with E-state index in [9.17, 15) is 4.79 Å². The summed E-state index contributed by atoms with van der Waals surface area (Å²) in [6, 6.07) is 2.84. The molecular weight excluding hydrogens is 174 g/mol. The third-order valence-electron chi connectivity index (χ3n) is 3.65. The first kappa shape index (κ1) is 8.27. The fraction of sp³-hybridized carbons (Fsp3) is 0.583. The van der Waals surface area contributed by atoms with Crippen molar-refractivity contribution in [1.82, 2.24) is 4.57 Å². The van der Waals surface area contributed by atoms with Gasteiger partial charge in [0.05, 0.1) is 0 Å². The van der Waals surface area contributed by atoms with Crippen molar-refractivity contribution in [3.05, 3.63) is 23.0 Å². The molecule has 3 heterocycles. The molecule has 3 rings (SSSR count). The van der Waals surface area contributed by atoms with Gasteiger partial charge in [-0.05, 0) is 45.1 Å². The molecule has 0 fully saturated rings. The number of hydrogen-bond donors (Lipinski definition) is 0. The molecule has 0 spiro atoms. The molecule has 0 saturated heterocycles. The molecule has 0 saturated carbocycles. The van der Waals surface area contributed by atoms with E-state index in [4.69, 9.17) is 0 Å². The molecule has 0 amide bonds. The van der Waals surface area contributed by atoms with Crippen LogP contribution in [-0.2, 0) is 12.8 Å². The molecule has 2 aliphatic rings. The number of Topliss-reactive ketones (excluding diaryl/α,β-unsaturated/α-hetero) is 1. The summed E-state index contributed by atoms with van der Waals surface area (Å²) in [4.78, 5) is 11.4. The molecule has 74 valence electrons. The van der Waals surface area contributed by atoms with E-state index in [0.717, 1.165) is 12.0 Å². The molecule has 0 radical (unpaired) electrons. The van der Waals surface area contributed by atoms with Gasteiger partial charge in [0.2, 0.25) is 0 Å². The van der Waals surface area contributed by atoms with Gasteiger partial charge in [0.1, 0.15) is 0 Å². The van der Waals surface area contributed by atoms with Gasteiger partial charge in [0.25, 0.3) is 0 Å². The first-order valence-corrected chi connectivity index (χ1v) is 5.51. The van der Waals surface area contributed by atoms with E-state index in [1.165, 1.54) is 37.1 Å². The number of nitrogens with zero attached hydrogens (tertiary/aromatic N) is 1. The van der Waals surface area contributed by atoms with Crippen molar-refractivity contribution < 1.29 is 4.79 Å². The lowest BCUT2D eigenvalue weighted by atomic mass is 9.98. The maximum atomic E-state index is 11.4. The topological polar surface area (TPSA) is 22.0 Å². The summed E-state index contributed by atoms with van der Waals surface area (Å²) in [5.74, 6) is 0.238. The Morgan fingerprint density at radius 3 is 3.07 bits per heavy atom. The molecule has 0 aliphatic carbocycles. The van der Waals surface area contributed by atoms with Crippen LogP contribution in [0.4, 0.5) is 0 Å². The van der Waals surface area contributed by atoms with Crippen LogP contribution in [0, 0.1) is 0 Å². The monoisotopic (exact) mass is 189 g/mol. The van der Waals surface area contributed by atoms with E-state index >= 15 is 0 Å². The van der Waals surface area contributed by atoms with Gasteiger partial charge >= 0.3 is 0 Å².